The molecule has 0 radical (unpaired) electrons. The zero-order valence-corrected chi connectivity index (χ0v) is 11.1. The molecule has 1 saturated heterocycles. The molecular formula is C11H24N2O2S. The van der Waals surface area contributed by atoms with Crippen molar-refractivity contribution < 1.29 is 8.42 Å². The first-order valence-corrected chi connectivity index (χ1v) is 7.96. The summed E-state index contributed by atoms with van der Waals surface area (Å²) in [6.07, 6.45) is 5.10. The van der Waals surface area contributed by atoms with Crippen molar-refractivity contribution in [1.82, 2.24) is 9.62 Å². The Bertz CT molecular complexity index is 270. The highest BCUT2D eigenvalue weighted by atomic mass is 32.2. The van der Waals surface area contributed by atoms with Crippen molar-refractivity contribution in [2.75, 3.05) is 31.9 Å². The zero-order chi connectivity index (χ0) is 11.9. The van der Waals surface area contributed by atoms with Crippen LogP contribution in [0.5, 0.6) is 0 Å². The van der Waals surface area contributed by atoms with Crippen LogP contribution in [0.3, 0.4) is 0 Å². The lowest BCUT2D eigenvalue weighted by Gasteiger charge is -2.19. The third kappa shape index (κ3) is 4.80. The SMILES string of the molecule is CCNCCCS(=O)(=O)N1CCCCCC1. The molecule has 1 aliphatic rings. The van der Waals surface area contributed by atoms with Crippen LogP contribution in [0.1, 0.15) is 39.0 Å². The Kier molecular flexibility index (Phi) is 6.31. The van der Waals surface area contributed by atoms with E-state index < -0.39 is 10.0 Å². The summed E-state index contributed by atoms with van der Waals surface area (Å²) in [4.78, 5) is 0. The standard InChI is InChI=1S/C11H24N2O2S/c1-2-12-8-7-11-16(14,15)13-9-5-3-4-6-10-13/h12H,2-11H2,1H3. The number of rotatable bonds is 6. The van der Waals surface area contributed by atoms with Crippen LogP contribution in [-0.4, -0.2) is 44.7 Å². The summed E-state index contributed by atoms with van der Waals surface area (Å²) < 4.78 is 25.7. The van der Waals surface area contributed by atoms with Crippen LogP contribution < -0.4 is 5.32 Å². The van der Waals surface area contributed by atoms with Crippen molar-refractivity contribution in [2.45, 2.75) is 39.0 Å². The van der Waals surface area contributed by atoms with Crippen molar-refractivity contribution in [1.29, 1.82) is 0 Å². The van der Waals surface area contributed by atoms with Gasteiger partial charge in [0, 0.05) is 13.1 Å². The first-order chi connectivity index (χ1) is 7.67. The molecule has 1 rings (SSSR count). The van der Waals surface area contributed by atoms with E-state index in [1.54, 1.807) is 4.31 Å². The minimum atomic E-state index is -2.99. The Morgan fingerprint density at radius 1 is 1.12 bits per heavy atom. The van der Waals surface area contributed by atoms with Gasteiger partial charge in [-0.1, -0.05) is 19.8 Å². The van der Waals surface area contributed by atoms with Gasteiger partial charge in [-0.2, -0.15) is 0 Å². The van der Waals surface area contributed by atoms with Crippen molar-refractivity contribution in [3.05, 3.63) is 0 Å². The molecule has 5 heteroatoms. The molecule has 16 heavy (non-hydrogen) atoms. The zero-order valence-electron chi connectivity index (χ0n) is 10.2. The van der Waals surface area contributed by atoms with E-state index in [0.29, 0.717) is 12.2 Å². The Labute approximate surface area is 99.5 Å². The van der Waals surface area contributed by atoms with E-state index in [2.05, 4.69) is 5.32 Å². The minimum absolute atomic E-state index is 0.292. The lowest BCUT2D eigenvalue weighted by Crippen LogP contribution is -2.34. The maximum absolute atomic E-state index is 12.0. The van der Waals surface area contributed by atoms with Gasteiger partial charge in [-0.05, 0) is 32.4 Å². The van der Waals surface area contributed by atoms with Gasteiger partial charge in [0.05, 0.1) is 5.75 Å². The van der Waals surface area contributed by atoms with Crippen LogP contribution in [-0.2, 0) is 10.0 Å². The van der Waals surface area contributed by atoms with Crippen molar-refractivity contribution in [3.63, 3.8) is 0 Å². The summed E-state index contributed by atoms with van der Waals surface area (Å²) >= 11 is 0. The van der Waals surface area contributed by atoms with Crippen LogP contribution in [0.25, 0.3) is 0 Å². The second-order valence-electron chi connectivity index (χ2n) is 4.34. The molecule has 0 aliphatic carbocycles. The summed E-state index contributed by atoms with van der Waals surface area (Å²) in [5, 5.41) is 3.15. The molecule has 0 saturated carbocycles. The number of nitrogens with one attached hydrogen (secondary N) is 1. The lowest BCUT2D eigenvalue weighted by molar-refractivity contribution is 0.422. The molecule has 0 unspecified atom stereocenters. The lowest BCUT2D eigenvalue weighted by atomic mass is 10.2. The molecule has 96 valence electrons. The number of sulfonamides is 1. The molecule has 1 heterocycles. The van der Waals surface area contributed by atoms with Gasteiger partial charge in [-0.15, -0.1) is 0 Å². The maximum Gasteiger partial charge on any atom is 0.214 e. The molecule has 0 aromatic heterocycles. The Morgan fingerprint density at radius 3 is 2.31 bits per heavy atom. The third-order valence-electron chi connectivity index (χ3n) is 2.96. The Morgan fingerprint density at radius 2 is 1.75 bits per heavy atom. The molecule has 0 bridgehead atoms. The van der Waals surface area contributed by atoms with Crippen molar-refractivity contribution >= 4 is 10.0 Å². The molecule has 0 aromatic rings. The molecule has 0 amide bonds. The Balaban J connectivity index is 2.36. The topological polar surface area (TPSA) is 49.4 Å². The quantitative estimate of drug-likeness (QED) is 0.718. The number of hydrogen-bond acceptors (Lipinski definition) is 3. The fourth-order valence-electron chi connectivity index (χ4n) is 2.01. The van der Waals surface area contributed by atoms with E-state index in [4.69, 9.17) is 0 Å². The van der Waals surface area contributed by atoms with Crippen LogP contribution in [0.2, 0.25) is 0 Å². The first-order valence-electron chi connectivity index (χ1n) is 6.35. The number of nitrogens with zero attached hydrogens (tertiary/aromatic N) is 1. The van der Waals surface area contributed by atoms with Gasteiger partial charge in [0.2, 0.25) is 10.0 Å². The van der Waals surface area contributed by atoms with Crippen LogP contribution >= 0.6 is 0 Å². The summed E-state index contributed by atoms with van der Waals surface area (Å²) in [5.74, 6) is 0.292. The highest BCUT2D eigenvalue weighted by Crippen LogP contribution is 2.13. The second kappa shape index (κ2) is 7.25. The molecule has 4 nitrogen and oxygen atoms in total. The Hall–Kier alpha value is -0.130. The van der Waals surface area contributed by atoms with E-state index in [0.717, 1.165) is 39.0 Å². The predicted molar refractivity (Wildman–Crippen MR) is 67.0 cm³/mol. The van der Waals surface area contributed by atoms with Crippen molar-refractivity contribution in [3.8, 4) is 0 Å². The van der Waals surface area contributed by atoms with E-state index in [1.165, 1.54) is 12.8 Å². The molecule has 1 aliphatic heterocycles. The van der Waals surface area contributed by atoms with E-state index in [9.17, 15) is 8.42 Å². The third-order valence-corrected chi connectivity index (χ3v) is 4.92. The van der Waals surface area contributed by atoms with Gasteiger partial charge in [0.25, 0.3) is 0 Å². The summed E-state index contributed by atoms with van der Waals surface area (Å²) in [6.45, 7) is 5.18. The monoisotopic (exact) mass is 248 g/mol. The normalized spacial score (nSPS) is 19.6. The van der Waals surface area contributed by atoms with Gasteiger partial charge < -0.3 is 5.32 Å². The van der Waals surface area contributed by atoms with Gasteiger partial charge in [-0.25, -0.2) is 12.7 Å². The molecule has 1 N–H and O–H groups in total. The summed E-state index contributed by atoms with van der Waals surface area (Å²) in [7, 11) is -2.99. The van der Waals surface area contributed by atoms with Crippen molar-refractivity contribution in [2.24, 2.45) is 0 Å². The molecular weight excluding hydrogens is 224 g/mol. The highest BCUT2D eigenvalue weighted by molar-refractivity contribution is 7.89. The van der Waals surface area contributed by atoms with Crippen LogP contribution in [0, 0.1) is 0 Å². The average Bonchev–Trinajstić information content (AvgIpc) is 2.53. The van der Waals surface area contributed by atoms with E-state index in [1.807, 2.05) is 6.92 Å². The van der Waals surface area contributed by atoms with Gasteiger partial charge >= 0.3 is 0 Å². The van der Waals surface area contributed by atoms with Gasteiger partial charge in [-0.3, -0.25) is 0 Å². The second-order valence-corrected chi connectivity index (χ2v) is 6.42. The fraction of sp³-hybridized carbons (Fsp3) is 1.00. The van der Waals surface area contributed by atoms with E-state index in [-0.39, 0.29) is 0 Å². The van der Waals surface area contributed by atoms with Crippen LogP contribution in [0.4, 0.5) is 0 Å². The first kappa shape index (κ1) is 13.9. The molecule has 0 aromatic carbocycles. The average molecular weight is 248 g/mol. The predicted octanol–water partition coefficient (Wildman–Crippen LogP) is 1.19. The molecule has 0 atom stereocenters. The number of hydrogen-bond donors (Lipinski definition) is 1. The highest BCUT2D eigenvalue weighted by Gasteiger charge is 2.21. The molecule has 1 fully saturated rings. The van der Waals surface area contributed by atoms with E-state index >= 15 is 0 Å². The summed E-state index contributed by atoms with van der Waals surface area (Å²) in [6, 6.07) is 0. The fourth-order valence-corrected chi connectivity index (χ4v) is 3.59. The van der Waals surface area contributed by atoms with Gasteiger partial charge in [0.15, 0.2) is 0 Å². The minimum Gasteiger partial charge on any atom is -0.317 e. The van der Waals surface area contributed by atoms with Gasteiger partial charge in [0.1, 0.15) is 0 Å². The largest absolute Gasteiger partial charge is 0.317 e. The van der Waals surface area contributed by atoms with Crippen LogP contribution in [0.15, 0.2) is 0 Å². The summed E-state index contributed by atoms with van der Waals surface area (Å²) in [5.41, 5.74) is 0. The molecule has 0 spiro atoms. The maximum atomic E-state index is 12.0. The smallest absolute Gasteiger partial charge is 0.214 e.